The number of pyridine rings is 1. The zero-order valence-corrected chi connectivity index (χ0v) is 8.68. The Morgan fingerprint density at radius 3 is 3.00 bits per heavy atom. The quantitative estimate of drug-likeness (QED) is 0.798. The summed E-state index contributed by atoms with van der Waals surface area (Å²) < 4.78 is 0. The summed E-state index contributed by atoms with van der Waals surface area (Å²) in [5, 5.41) is 8.73. The van der Waals surface area contributed by atoms with Crippen molar-refractivity contribution in [3.8, 4) is 0 Å². The summed E-state index contributed by atoms with van der Waals surface area (Å²) in [7, 11) is 0. The molecular formula is C11H14N2O2. The Bertz CT molecular complexity index is 373. The zero-order valence-electron chi connectivity index (χ0n) is 8.68. The van der Waals surface area contributed by atoms with Gasteiger partial charge in [0.05, 0.1) is 5.92 Å². The molecule has 0 aromatic carbocycles. The highest BCUT2D eigenvalue weighted by molar-refractivity contribution is 5.71. The van der Waals surface area contributed by atoms with Crippen molar-refractivity contribution in [1.29, 1.82) is 0 Å². The average Bonchev–Trinajstić information content (AvgIpc) is 2.12. The minimum absolute atomic E-state index is 0.179. The van der Waals surface area contributed by atoms with Gasteiger partial charge in [-0.15, -0.1) is 0 Å². The van der Waals surface area contributed by atoms with Crippen molar-refractivity contribution in [3.05, 3.63) is 29.6 Å². The van der Waals surface area contributed by atoms with Crippen molar-refractivity contribution in [2.75, 3.05) is 13.1 Å². The number of aryl methyl sites for hydroxylation is 1. The van der Waals surface area contributed by atoms with Gasteiger partial charge in [-0.05, 0) is 24.1 Å². The van der Waals surface area contributed by atoms with Crippen LogP contribution in [0.5, 0.6) is 0 Å². The van der Waals surface area contributed by atoms with Crippen LogP contribution in [0.2, 0.25) is 0 Å². The third kappa shape index (κ3) is 2.15. The van der Waals surface area contributed by atoms with Crippen LogP contribution in [0, 0.1) is 12.8 Å². The number of carboxylic acid groups (broad SMARTS) is 1. The topological polar surface area (TPSA) is 53.4 Å². The van der Waals surface area contributed by atoms with E-state index in [9.17, 15) is 4.79 Å². The maximum Gasteiger partial charge on any atom is 0.309 e. The molecule has 0 aliphatic carbocycles. The Morgan fingerprint density at radius 2 is 2.40 bits per heavy atom. The van der Waals surface area contributed by atoms with Crippen molar-refractivity contribution < 1.29 is 9.90 Å². The fourth-order valence-corrected chi connectivity index (χ4v) is 1.76. The maximum absolute atomic E-state index is 10.6. The maximum atomic E-state index is 10.6. The second-order valence-corrected chi connectivity index (χ2v) is 4.03. The highest BCUT2D eigenvalue weighted by Crippen LogP contribution is 2.19. The van der Waals surface area contributed by atoms with Gasteiger partial charge in [-0.3, -0.25) is 14.7 Å². The predicted molar refractivity (Wildman–Crippen MR) is 55.4 cm³/mol. The van der Waals surface area contributed by atoms with Gasteiger partial charge in [-0.1, -0.05) is 0 Å². The first-order chi connectivity index (χ1) is 7.16. The van der Waals surface area contributed by atoms with E-state index in [2.05, 4.69) is 9.88 Å². The second kappa shape index (κ2) is 3.98. The summed E-state index contributed by atoms with van der Waals surface area (Å²) in [5.74, 6) is -0.865. The Hall–Kier alpha value is -1.42. The molecule has 1 fully saturated rings. The summed E-state index contributed by atoms with van der Waals surface area (Å²) >= 11 is 0. The fourth-order valence-electron chi connectivity index (χ4n) is 1.76. The van der Waals surface area contributed by atoms with Crippen LogP contribution in [-0.2, 0) is 11.3 Å². The first-order valence-corrected chi connectivity index (χ1v) is 5.01. The van der Waals surface area contributed by atoms with Gasteiger partial charge >= 0.3 is 5.97 Å². The highest BCUT2D eigenvalue weighted by Gasteiger charge is 2.32. The van der Waals surface area contributed by atoms with Gasteiger partial charge in [0.1, 0.15) is 0 Å². The second-order valence-electron chi connectivity index (χ2n) is 4.03. The van der Waals surface area contributed by atoms with Crippen LogP contribution in [0.3, 0.4) is 0 Å². The Labute approximate surface area is 88.6 Å². The van der Waals surface area contributed by atoms with Crippen molar-refractivity contribution >= 4 is 5.97 Å². The lowest BCUT2D eigenvalue weighted by molar-refractivity contribution is -0.147. The molecule has 80 valence electrons. The monoisotopic (exact) mass is 206 g/mol. The van der Waals surface area contributed by atoms with Gasteiger partial charge < -0.3 is 5.11 Å². The van der Waals surface area contributed by atoms with Crippen LogP contribution < -0.4 is 0 Å². The van der Waals surface area contributed by atoms with E-state index in [1.54, 1.807) is 6.20 Å². The van der Waals surface area contributed by atoms with Crippen LogP contribution in [0.25, 0.3) is 0 Å². The first-order valence-electron chi connectivity index (χ1n) is 5.01. The Kier molecular flexibility index (Phi) is 2.68. The lowest BCUT2D eigenvalue weighted by atomic mass is 9.99. The summed E-state index contributed by atoms with van der Waals surface area (Å²) in [5.41, 5.74) is 2.39. The SMILES string of the molecule is Cc1ccncc1CN1CC(C(=O)O)C1. The van der Waals surface area contributed by atoms with E-state index in [4.69, 9.17) is 5.11 Å². The van der Waals surface area contributed by atoms with Crippen molar-refractivity contribution in [3.63, 3.8) is 0 Å². The number of hydrogen-bond donors (Lipinski definition) is 1. The van der Waals surface area contributed by atoms with E-state index in [1.807, 2.05) is 19.2 Å². The molecule has 0 saturated carbocycles. The van der Waals surface area contributed by atoms with Crippen LogP contribution in [0.4, 0.5) is 0 Å². The van der Waals surface area contributed by atoms with Crippen LogP contribution >= 0.6 is 0 Å². The molecule has 2 rings (SSSR count). The number of rotatable bonds is 3. The zero-order chi connectivity index (χ0) is 10.8. The van der Waals surface area contributed by atoms with Gasteiger partial charge in [0, 0.05) is 32.0 Å². The molecule has 4 nitrogen and oxygen atoms in total. The highest BCUT2D eigenvalue weighted by atomic mass is 16.4. The minimum atomic E-state index is -0.686. The molecule has 0 bridgehead atoms. The van der Waals surface area contributed by atoms with Gasteiger partial charge in [0.15, 0.2) is 0 Å². The van der Waals surface area contributed by atoms with Crippen molar-refractivity contribution in [2.24, 2.45) is 5.92 Å². The number of aliphatic carboxylic acids is 1. The average molecular weight is 206 g/mol. The van der Waals surface area contributed by atoms with E-state index < -0.39 is 5.97 Å². The smallest absolute Gasteiger partial charge is 0.309 e. The number of likely N-dealkylation sites (tertiary alicyclic amines) is 1. The summed E-state index contributed by atoms with van der Waals surface area (Å²) in [6, 6.07) is 1.98. The summed E-state index contributed by atoms with van der Waals surface area (Å²) in [4.78, 5) is 16.8. The minimum Gasteiger partial charge on any atom is -0.481 e. The number of carboxylic acids is 1. The molecule has 2 heterocycles. The standard InChI is InChI=1S/C11H14N2O2/c1-8-2-3-12-4-9(8)5-13-6-10(7-13)11(14)15/h2-4,10H,5-7H2,1H3,(H,14,15). The molecule has 1 aliphatic heterocycles. The molecule has 0 unspecified atom stereocenters. The van der Waals surface area contributed by atoms with E-state index >= 15 is 0 Å². The molecule has 1 aliphatic rings. The van der Waals surface area contributed by atoms with Gasteiger partial charge in [0.25, 0.3) is 0 Å². The molecular weight excluding hydrogens is 192 g/mol. The van der Waals surface area contributed by atoms with E-state index in [0.717, 1.165) is 6.54 Å². The van der Waals surface area contributed by atoms with E-state index in [0.29, 0.717) is 13.1 Å². The Balaban J connectivity index is 1.90. The predicted octanol–water partition coefficient (Wildman–Crippen LogP) is 0.906. The molecule has 1 N–H and O–H groups in total. The van der Waals surface area contributed by atoms with Crippen molar-refractivity contribution in [1.82, 2.24) is 9.88 Å². The molecule has 4 heteroatoms. The molecule has 0 radical (unpaired) electrons. The van der Waals surface area contributed by atoms with Crippen LogP contribution in [0.15, 0.2) is 18.5 Å². The number of carbonyl (C=O) groups is 1. The summed E-state index contributed by atoms with van der Waals surface area (Å²) in [6.45, 7) is 4.17. The van der Waals surface area contributed by atoms with Crippen LogP contribution in [0.1, 0.15) is 11.1 Å². The number of hydrogen-bond acceptors (Lipinski definition) is 3. The molecule has 1 aromatic rings. The molecule has 0 atom stereocenters. The van der Waals surface area contributed by atoms with E-state index in [-0.39, 0.29) is 5.92 Å². The largest absolute Gasteiger partial charge is 0.481 e. The lowest BCUT2D eigenvalue weighted by Crippen LogP contribution is -2.49. The third-order valence-corrected chi connectivity index (χ3v) is 2.85. The van der Waals surface area contributed by atoms with Gasteiger partial charge in [-0.25, -0.2) is 0 Å². The van der Waals surface area contributed by atoms with Gasteiger partial charge in [0.2, 0.25) is 0 Å². The van der Waals surface area contributed by atoms with Crippen molar-refractivity contribution in [2.45, 2.75) is 13.5 Å². The fraction of sp³-hybridized carbons (Fsp3) is 0.455. The molecule has 1 saturated heterocycles. The van der Waals surface area contributed by atoms with Gasteiger partial charge in [-0.2, -0.15) is 0 Å². The molecule has 0 amide bonds. The van der Waals surface area contributed by atoms with E-state index in [1.165, 1.54) is 11.1 Å². The molecule has 1 aromatic heterocycles. The molecule has 15 heavy (non-hydrogen) atoms. The summed E-state index contributed by atoms with van der Waals surface area (Å²) in [6.07, 6.45) is 3.62. The number of nitrogens with zero attached hydrogens (tertiary/aromatic N) is 2. The third-order valence-electron chi connectivity index (χ3n) is 2.85. The normalized spacial score (nSPS) is 17.4. The number of aromatic nitrogens is 1. The lowest BCUT2D eigenvalue weighted by Gasteiger charge is -2.36. The Morgan fingerprint density at radius 1 is 1.67 bits per heavy atom. The van der Waals surface area contributed by atoms with Crippen LogP contribution in [-0.4, -0.2) is 34.0 Å². The molecule has 0 spiro atoms. The first kappa shape index (κ1) is 10.1.